The second-order valence-electron chi connectivity index (χ2n) is 11.0. The third kappa shape index (κ3) is 8.28. The molecule has 0 spiro atoms. The van der Waals surface area contributed by atoms with Gasteiger partial charge in [0.15, 0.2) is 5.75 Å². The Morgan fingerprint density at radius 1 is 0.655 bits per heavy atom. The summed E-state index contributed by atoms with van der Waals surface area (Å²) in [5, 5.41) is 22.2. The lowest BCUT2D eigenvalue weighted by Crippen LogP contribution is -2.07. The first-order chi connectivity index (χ1) is 25.5. The summed E-state index contributed by atoms with van der Waals surface area (Å²) in [4.78, 5) is 6.98. The standard InChI is InChI=1S/C29H19ClFN7O13S4/c30-14-3-1-4-15(11-14)32-28-34-27(31)35-29(36-28)33-20-12-16(52(40,41)42)9-13-10-22(54(46,47)48)24(25(39)23(13)20)38-37-19-8-7-17-18(26(19)55(49,50)51)5-2-6-21(17)53(43,44)45/h1-12,39H,(H,40,41,42)(H,43,44,45)(H,46,47,48)(H,49,50,51)(H2,32,33,34,35,36). The predicted molar refractivity (Wildman–Crippen MR) is 191 cm³/mol. The molecule has 0 fully saturated rings. The number of fused-ring (bicyclic) bond motifs is 2. The first kappa shape index (κ1) is 39.2. The second kappa shape index (κ2) is 14.0. The van der Waals surface area contributed by atoms with Gasteiger partial charge in [0.1, 0.15) is 26.1 Å². The molecule has 0 bridgehead atoms. The molecule has 0 radical (unpaired) electrons. The van der Waals surface area contributed by atoms with Crippen LogP contribution in [0.1, 0.15) is 0 Å². The van der Waals surface area contributed by atoms with E-state index in [2.05, 4.69) is 35.8 Å². The van der Waals surface area contributed by atoms with Gasteiger partial charge in [0.05, 0.1) is 10.6 Å². The van der Waals surface area contributed by atoms with Crippen LogP contribution in [-0.4, -0.2) is 71.9 Å². The molecular weight excluding hydrogens is 837 g/mol. The van der Waals surface area contributed by atoms with Crippen molar-refractivity contribution in [2.75, 3.05) is 10.6 Å². The van der Waals surface area contributed by atoms with Gasteiger partial charge in [-0.1, -0.05) is 35.9 Å². The van der Waals surface area contributed by atoms with Crippen LogP contribution in [0.4, 0.5) is 39.0 Å². The van der Waals surface area contributed by atoms with Crippen molar-refractivity contribution < 1.29 is 61.4 Å². The Labute approximate surface area is 313 Å². The Hall–Kier alpha value is -5.51. The van der Waals surface area contributed by atoms with Crippen LogP contribution in [0, 0.1) is 6.08 Å². The van der Waals surface area contributed by atoms with E-state index in [1.807, 2.05) is 0 Å². The fraction of sp³-hybridized carbons (Fsp3) is 0. The van der Waals surface area contributed by atoms with Crippen LogP contribution in [0.2, 0.25) is 5.02 Å². The van der Waals surface area contributed by atoms with Crippen LogP contribution in [-0.2, 0) is 40.5 Å². The highest BCUT2D eigenvalue weighted by Crippen LogP contribution is 2.46. The summed E-state index contributed by atoms with van der Waals surface area (Å²) < 4.78 is 153. The van der Waals surface area contributed by atoms with Crippen LogP contribution in [0.25, 0.3) is 21.5 Å². The highest BCUT2D eigenvalue weighted by Gasteiger charge is 2.28. The molecule has 0 saturated heterocycles. The van der Waals surface area contributed by atoms with Crippen LogP contribution < -0.4 is 10.6 Å². The Kier molecular flexibility index (Phi) is 9.95. The number of nitrogens with one attached hydrogen (secondary N) is 2. The van der Waals surface area contributed by atoms with Gasteiger partial charge in [-0.2, -0.15) is 53.0 Å². The summed E-state index contributed by atoms with van der Waals surface area (Å²) in [5.74, 6) is -2.26. The summed E-state index contributed by atoms with van der Waals surface area (Å²) in [5.41, 5.74) is -2.14. The van der Waals surface area contributed by atoms with Crippen molar-refractivity contribution in [2.45, 2.75) is 19.6 Å². The first-order valence-corrected chi connectivity index (χ1v) is 20.6. The van der Waals surface area contributed by atoms with E-state index in [1.165, 1.54) is 12.1 Å². The van der Waals surface area contributed by atoms with Gasteiger partial charge in [0, 0.05) is 26.9 Å². The van der Waals surface area contributed by atoms with Gasteiger partial charge >= 0.3 is 6.08 Å². The smallest absolute Gasteiger partial charge is 0.315 e. The number of hydrogen-bond acceptors (Lipinski definition) is 16. The highest BCUT2D eigenvalue weighted by molar-refractivity contribution is 7.87. The molecule has 0 aliphatic carbocycles. The Bertz CT molecular complexity index is 3100. The molecule has 1 heterocycles. The second-order valence-corrected chi connectivity index (χ2v) is 17.0. The van der Waals surface area contributed by atoms with Gasteiger partial charge in [-0.15, -0.1) is 10.2 Å². The molecule has 7 N–H and O–H groups in total. The Morgan fingerprint density at radius 2 is 1.31 bits per heavy atom. The molecule has 26 heteroatoms. The van der Waals surface area contributed by atoms with Crippen LogP contribution in [0.5, 0.6) is 5.75 Å². The number of halogens is 2. The average Bonchev–Trinajstić information content (AvgIpc) is 3.05. The van der Waals surface area contributed by atoms with Gasteiger partial charge in [-0.3, -0.25) is 18.2 Å². The molecule has 20 nitrogen and oxygen atoms in total. The van der Waals surface area contributed by atoms with Crippen LogP contribution in [0.15, 0.2) is 103 Å². The summed E-state index contributed by atoms with van der Waals surface area (Å²) >= 11 is 5.98. The van der Waals surface area contributed by atoms with Crippen molar-refractivity contribution in [3.05, 3.63) is 83.9 Å². The molecule has 1 aromatic heterocycles. The summed E-state index contributed by atoms with van der Waals surface area (Å²) in [7, 11) is -20.8. The van der Waals surface area contributed by atoms with E-state index in [4.69, 9.17) is 11.6 Å². The zero-order chi connectivity index (χ0) is 40.2. The predicted octanol–water partition coefficient (Wildman–Crippen LogP) is 5.57. The van der Waals surface area contributed by atoms with Crippen molar-refractivity contribution in [1.29, 1.82) is 0 Å². The third-order valence-corrected chi connectivity index (χ3v) is 11.2. The molecule has 0 aliphatic rings. The maximum atomic E-state index is 14.6. The Morgan fingerprint density at radius 3 is 1.93 bits per heavy atom. The monoisotopic (exact) mass is 855 g/mol. The number of anilines is 4. The van der Waals surface area contributed by atoms with Crippen LogP contribution in [0.3, 0.4) is 0 Å². The van der Waals surface area contributed by atoms with Gasteiger partial charge in [-0.25, -0.2) is 0 Å². The van der Waals surface area contributed by atoms with E-state index >= 15 is 0 Å². The minimum atomic E-state index is -5.42. The summed E-state index contributed by atoms with van der Waals surface area (Å²) in [6, 6.07) is 12.8. The maximum absolute atomic E-state index is 14.6. The summed E-state index contributed by atoms with van der Waals surface area (Å²) in [6.07, 6.45) is -1.38. The van der Waals surface area contributed by atoms with Gasteiger partial charge in [-0.05, 0) is 53.9 Å². The fourth-order valence-corrected chi connectivity index (χ4v) is 8.17. The van der Waals surface area contributed by atoms with Gasteiger partial charge in [0.2, 0.25) is 11.9 Å². The van der Waals surface area contributed by atoms with Crippen molar-refractivity contribution in [3.63, 3.8) is 0 Å². The van der Waals surface area contributed by atoms with Crippen molar-refractivity contribution in [1.82, 2.24) is 15.0 Å². The zero-order valence-corrected chi connectivity index (χ0v) is 30.6. The minimum absolute atomic E-state index is 0.292. The Balaban J connectivity index is 1.58. The SMILES string of the molecule is O=S(=O)(O)c1cc(Nc2nc(F)nc(Nc3cccc(Cl)c3)n2)c2c(O)c(N=Nc3ccc4c(S(=O)(=O)O)cccc4c3S(=O)(=O)O)c(S(=O)(=O)O)cc2c1. The number of phenols is 1. The normalized spacial score (nSPS) is 12.8. The number of aromatic hydroxyl groups is 1. The lowest BCUT2D eigenvalue weighted by molar-refractivity contribution is 0.472. The van der Waals surface area contributed by atoms with Crippen molar-refractivity contribution in [2.24, 2.45) is 10.2 Å². The molecule has 6 rings (SSSR count). The number of aromatic nitrogens is 3. The molecule has 55 heavy (non-hydrogen) atoms. The van der Waals surface area contributed by atoms with E-state index in [0.717, 1.165) is 30.3 Å². The lowest BCUT2D eigenvalue weighted by Gasteiger charge is -2.15. The maximum Gasteiger partial charge on any atom is 0.315 e. The van der Waals surface area contributed by atoms with E-state index in [-0.39, 0.29) is 0 Å². The first-order valence-electron chi connectivity index (χ1n) is 14.4. The zero-order valence-electron chi connectivity index (χ0n) is 26.6. The molecule has 0 aliphatic heterocycles. The number of hydrogen-bond donors (Lipinski definition) is 7. The lowest BCUT2D eigenvalue weighted by atomic mass is 10.1. The number of benzene rings is 5. The molecule has 0 amide bonds. The summed E-state index contributed by atoms with van der Waals surface area (Å²) in [6.45, 7) is 0. The highest BCUT2D eigenvalue weighted by atomic mass is 35.5. The molecule has 0 saturated carbocycles. The van der Waals surface area contributed by atoms with Gasteiger partial charge < -0.3 is 15.7 Å². The molecule has 5 aromatic carbocycles. The van der Waals surface area contributed by atoms with Crippen LogP contribution >= 0.6 is 11.6 Å². The molecule has 286 valence electrons. The minimum Gasteiger partial charge on any atom is -0.505 e. The largest absolute Gasteiger partial charge is 0.505 e. The van der Waals surface area contributed by atoms with E-state index < -0.39 is 122 Å². The molecule has 0 unspecified atom stereocenters. The van der Waals surface area contributed by atoms with E-state index in [1.54, 1.807) is 12.1 Å². The third-order valence-electron chi connectivity index (χ3n) is 7.38. The number of phenolic OH excluding ortho intramolecular Hbond substituents is 1. The fourth-order valence-electron chi connectivity index (χ4n) is 5.25. The number of rotatable bonds is 10. The van der Waals surface area contributed by atoms with E-state index in [9.17, 15) is 61.4 Å². The van der Waals surface area contributed by atoms with Crippen molar-refractivity contribution in [3.8, 4) is 5.75 Å². The average molecular weight is 856 g/mol. The molecule has 6 aromatic rings. The quantitative estimate of drug-likeness (QED) is 0.0654. The van der Waals surface area contributed by atoms with Gasteiger partial charge in [0.25, 0.3) is 40.5 Å². The topological polar surface area (TPSA) is 325 Å². The molecular formula is C29H19ClFN7O13S4. The number of nitrogens with zero attached hydrogens (tertiary/aromatic N) is 5. The molecule has 0 atom stereocenters. The number of azo groups is 1. The van der Waals surface area contributed by atoms with E-state index in [0.29, 0.717) is 28.9 Å². The van der Waals surface area contributed by atoms with Crippen molar-refractivity contribution >= 4 is 108 Å².